The van der Waals surface area contributed by atoms with Crippen LogP contribution in [0.2, 0.25) is 5.02 Å². The Morgan fingerprint density at radius 2 is 1.96 bits per heavy atom. The molecule has 0 bridgehead atoms. The molecule has 0 aromatic heterocycles. The van der Waals surface area contributed by atoms with E-state index in [0.717, 1.165) is 6.07 Å². The normalized spacial score (nSPS) is 19.1. The zero-order valence-corrected chi connectivity index (χ0v) is 15.7. The predicted molar refractivity (Wildman–Crippen MR) is 99.4 cm³/mol. The number of nitrogens with zero attached hydrogens (tertiary/aromatic N) is 2. The van der Waals surface area contributed by atoms with Gasteiger partial charge in [0.2, 0.25) is 0 Å². The zero-order chi connectivity index (χ0) is 19.7. The van der Waals surface area contributed by atoms with Crippen molar-refractivity contribution in [3.05, 3.63) is 74.3 Å². The van der Waals surface area contributed by atoms with E-state index in [9.17, 15) is 24.8 Å². The molecule has 9 heteroatoms. The topological polar surface area (TPSA) is 104 Å². The average molecular weight is 406 g/mol. The van der Waals surface area contributed by atoms with Crippen LogP contribution < -0.4 is 5.11 Å². The van der Waals surface area contributed by atoms with Gasteiger partial charge in [0, 0.05) is 33.5 Å². The third-order valence-corrected chi connectivity index (χ3v) is 5.98. The van der Waals surface area contributed by atoms with E-state index in [4.69, 9.17) is 11.6 Å². The second-order valence-electron chi connectivity index (χ2n) is 6.01. The number of rotatable bonds is 4. The number of amides is 1. The number of nitro groups is 1. The van der Waals surface area contributed by atoms with E-state index in [1.807, 2.05) is 0 Å². The van der Waals surface area contributed by atoms with Crippen LogP contribution in [0, 0.1) is 17.0 Å². The highest BCUT2D eigenvalue weighted by atomic mass is 35.5. The first-order valence-corrected chi connectivity index (χ1v) is 9.38. The predicted octanol–water partition coefficient (Wildman–Crippen LogP) is 2.56. The van der Waals surface area contributed by atoms with Gasteiger partial charge in [-0.25, -0.2) is 0 Å². The van der Waals surface area contributed by atoms with Crippen molar-refractivity contribution in [2.45, 2.75) is 18.3 Å². The molecule has 3 rings (SSSR count). The fourth-order valence-electron chi connectivity index (χ4n) is 2.94. The van der Waals surface area contributed by atoms with Gasteiger partial charge in [-0.05, 0) is 19.1 Å². The van der Waals surface area contributed by atoms with Crippen molar-refractivity contribution in [1.82, 2.24) is 4.90 Å². The van der Waals surface area contributed by atoms with Gasteiger partial charge in [0.15, 0.2) is 0 Å². The smallest absolute Gasteiger partial charge is 0.273 e. The lowest BCUT2D eigenvalue weighted by atomic mass is 10.1. The van der Waals surface area contributed by atoms with Gasteiger partial charge in [-0.1, -0.05) is 35.9 Å². The Balaban J connectivity index is 2.05. The van der Waals surface area contributed by atoms with Crippen molar-refractivity contribution in [3.8, 4) is 0 Å². The van der Waals surface area contributed by atoms with E-state index in [-0.39, 0.29) is 17.0 Å². The summed E-state index contributed by atoms with van der Waals surface area (Å²) in [4.78, 5) is 36.5. The molecule has 2 aromatic carbocycles. The summed E-state index contributed by atoms with van der Waals surface area (Å²) in [5, 5.41) is 22.5. The number of benzene rings is 2. The van der Waals surface area contributed by atoms with Crippen LogP contribution in [0.25, 0.3) is 0 Å². The molecule has 0 unspecified atom stereocenters. The maximum atomic E-state index is 13.1. The molecule has 1 amide bonds. The largest absolute Gasteiger partial charge is 0.548 e. The summed E-state index contributed by atoms with van der Waals surface area (Å²) in [7, 11) is 0. The van der Waals surface area contributed by atoms with Gasteiger partial charge in [-0.2, -0.15) is 0 Å². The Morgan fingerprint density at radius 3 is 2.59 bits per heavy atom. The fourth-order valence-corrected chi connectivity index (χ4v) is 4.69. The van der Waals surface area contributed by atoms with Crippen LogP contribution in [0.4, 0.5) is 5.69 Å². The molecule has 1 aliphatic heterocycles. The molecule has 1 heterocycles. The summed E-state index contributed by atoms with van der Waals surface area (Å²) in [5.74, 6) is -1.87. The van der Waals surface area contributed by atoms with E-state index >= 15 is 0 Å². The second kappa shape index (κ2) is 7.58. The number of carbonyl (C=O) groups is 2. The molecule has 2 aromatic rings. The van der Waals surface area contributed by atoms with E-state index in [1.165, 1.54) is 28.8 Å². The molecule has 2 atom stereocenters. The van der Waals surface area contributed by atoms with E-state index < -0.39 is 28.2 Å². The van der Waals surface area contributed by atoms with Gasteiger partial charge in [-0.3, -0.25) is 14.9 Å². The number of carboxylic acids is 1. The first kappa shape index (κ1) is 19.2. The fraction of sp³-hybridized carbons (Fsp3) is 0.222. The van der Waals surface area contributed by atoms with Gasteiger partial charge < -0.3 is 14.8 Å². The lowest BCUT2D eigenvalue weighted by Crippen LogP contribution is -2.49. The lowest BCUT2D eigenvalue weighted by molar-refractivity contribution is -0.385. The highest BCUT2D eigenvalue weighted by Crippen LogP contribution is 2.44. The number of thioether (sulfide) groups is 1. The molecular weight excluding hydrogens is 392 g/mol. The molecule has 0 aliphatic carbocycles. The highest BCUT2D eigenvalue weighted by molar-refractivity contribution is 7.99. The molecule has 0 N–H and O–H groups in total. The minimum Gasteiger partial charge on any atom is -0.548 e. The molecule has 7 nitrogen and oxygen atoms in total. The summed E-state index contributed by atoms with van der Waals surface area (Å²) in [5.41, 5.74) is 0.847. The van der Waals surface area contributed by atoms with Crippen LogP contribution in [0.15, 0.2) is 42.5 Å². The second-order valence-corrected chi connectivity index (χ2v) is 7.53. The number of carbonyl (C=O) groups excluding carboxylic acids is 2. The molecule has 0 saturated carbocycles. The third kappa shape index (κ3) is 3.63. The Kier molecular flexibility index (Phi) is 5.38. The quantitative estimate of drug-likeness (QED) is 0.572. The van der Waals surface area contributed by atoms with Crippen LogP contribution >= 0.6 is 23.4 Å². The maximum Gasteiger partial charge on any atom is 0.273 e. The van der Waals surface area contributed by atoms with Gasteiger partial charge in [0.1, 0.15) is 5.37 Å². The van der Waals surface area contributed by atoms with Crippen molar-refractivity contribution in [2.24, 2.45) is 0 Å². The van der Waals surface area contributed by atoms with E-state index in [1.54, 1.807) is 31.2 Å². The zero-order valence-electron chi connectivity index (χ0n) is 14.1. The number of aliphatic carboxylic acids is 1. The average Bonchev–Trinajstić information content (AvgIpc) is 3.06. The molecule has 140 valence electrons. The lowest BCUT2D eigenvalue weighted by Gasteiger charge is -2.30. The molecule has 1 aliphatic rings. The minimum atomic E-state index is -1.38. The molecule has 1 saturated heterocycles. The van der Waals surface area contributed by atoms with Crippen molar-refractivity contribution in [2.75, 3.05) is 5.75 Å². The van der Waals surface area contributed by atoms with Crippen LogP contribution in [-0.2, 0) is 4.79 Å². The first-order valence-electron chi connectivity index (χ1n) is 7.96. The number of hydrogen-bond acceptors (Lipinski definition) is 6. The molecule has 0 radical (unpaired) electrons. The highest BCUT2D eigenvalue weighted by Gasteiger charge is 2.40. The van der Waals surface area contributed by atoms with Crippen molar-refractivity contribution >= 4 is 40.9 Å². The van der Waals surface area contributed by atoms with E-state index in [2.05, 4.69) is 0 Å². The number of hydrogen-bond donors (Lipinski definition) is 0. The van der Waals surface area contributed by atoms with Crippen LogP contribution in [0.5, 0.6) is 0 Å². The number of aryl methyl sites for hydroxylation is 1. The minimum absolute atomic E-state index is 0.0399. The Hall–Kier alpha value is -2.58. The van der Waals surface area contributed by atoms with Gasteiger partial charge in [0.25, 0.3) is 11.6 Å². The molecule has 27 heavy (non-hydrogen) atoms. The van der Waals surface area contributed by atoms with Crippen LogP contribution in [0.1, 0.15) is 26.9 Å². The summed E-state index contributed by atoms with van der Waals surface area (Å²) in [6.07, 6.45) is 0. The SMILES string of the molecule is Cc1ccc(C(=O)N2[C@H](C(=O)[O-])CS[C@H]2c2ccccc2Cl)cc1[N+](=O)[O-]. The number of carboxylic acid groups (broad SMARTS) is 1. The Morgan fingerprint density at radius 1 is 1.26 bits per heavy atom. The van der Waals surface area contributed by atoms with Crippen molar-refractivity contribution in [1.29, 1.82) is 0 Å². The molecule has 1 fully saturated rings. The van der Waals surface area contributed by atoms with Crippen molar-refractivity contribution in [3.63, 3.8) is 0 Å². The third-order valence-electron chi connectivity index (χ3n) is 4.33. The van der Waals surface area contributed by atoms with Gasteiger partial charge in [0.05, 0.1) is 16.9 Å². The van der Waals surface area contributed by atoms with Crippen molar-refractivity contribution < 1.29 is 19.6 Å². The maximum absolute atomic E-state index is 13.1. The summed E-state index contributed by atoms with van der Waals surface area (Å²) < 4.78 is 0. The Bertz CT molecular complexity index is 936. The van der Waals surface area contributed by atoms with Crippen LogP contribution in [-0.4, -0.2) is 33.5 Å². The van der Waals surface area contributed by atoms with E-state index in [0.29, 0.717) is 16.1 Å². The number of nitro benzene ring substituents is 1. The molecule has 0 spiro atoms. The standard InChI is InChI=1S/C18H15ClN2O5S/c1-10-6-7-11(8-14(10)21(25)26)16(22)20-15(18(23)24)9-27-17(20)12-4-2-3-5-13(12)19/h2-8,15,17H,9H2,1H3,(H,23,24)/p-1/t15-,17-/m0/s1. The molecular formula is C18H14ClN2O5S-. The number of halogens is 1. The Labute approximate surface area is 164 Å². The summed E-state index contributed by atoms with van der Waals surface area (Å²) in [6.45, 7) is 1.56. The van der Waals surface area contributed by atoms with Gasteiger partial charge >= 0.3 is 0 Å². The first-order chi connectivity index (χ1) is 12.8. The summed E-state index contributed by atoms with van der Waals surface area (Å²) >= 11 is 7.49. The summed E-state index contributed by atoms with van der Waals surface area (Å²) in [6, 6.07) is 9.76. The monoisotopic (exact) mass is 405 g/mol. The van der Waals surface area contributed by atoms with Crippen LogP contribution in [0.3, 0.4) is 0 Å². The van der Waals surface area contributed by atoms with Gasteiger partial charge in [-0.15, -0.1) is 11.8 Å².